The van der Waals surface area contributed by atoms with Gasteiger partial charge in [0.25, 0.3) is 5.56 Å². The molecule has 2 heterocycles. The highest BCUT2D eigenvalue weighted by Gasteiger charge is 2.52. The van der Waals surface area contributed by atoms with Crippen molar-refractivity contribution in [1.82, 2.24) is 14.7 Å². The number of fused-ring (bicyclic) bond motifs is 1. The van der Waals surface area contributed by atoms with E-state index in [1.807, 2.05) is 33.8 Å². The van der Waals surface area contributed by atoms with Crippen LogP contribution in [0, 0.1) is 12.3 Å². The Bertz CT molecular complexity index is 1040. The van der Waals surface area contributed by atoms with Gasteiger partial charge in [-0.3, -0.25) is 4.79 Å². The van der Waals surface area contributed by atoms with Gasteiger partial charge in [-0.15, -0.1) is 0 Å². The molecule has 1 saturated carbocycles. The molecule has 0 unspecified atom stereocenters. The highest BCUT2D eigenvalue weighted by molar-refractivity contribution is 5.92. The molecular formula is C22H27N3O3. The van der Waals surface area contributed by atoms with Crippen molar-refractivity contribution in [1.29, 1.82) is 0 Å². The van der Waals surface area contributed by atoms with Gasteiger partial charge in [-0.25, -0.2) is 9.48 Å². The van der Waals surface area contributed by atoms with Gasteiger partial charge in [-0.05, 0) is 51.7 Å². The molecule has 0 bridgehead atoms. The number of aryl methyl sites for hydroxylation is 2. The van der Waals surface area contributed by atoms with Crippen LogP contribution in [0.25, 0.3) is 16.8 Å². The molecule has 1 saturated heterocycles. The molecule has 1 spiro atoms. The summed E-state index contributed by atoms with van der Waals surface area (Å²) in [5.74, 6) is 0. The highest BCUT2D eigenvalue weighted by Crippen LogP contribution is 2.52. The van der Waals surface area contributed by atoms with Gasteiger partial charge in [0.1, 0.15) is 5.60 Å². The molecule has 0 radical (unpaired) electrons. The molecule has 2 fully saturated rings. The van der Waals surface area contributed by atoms with Gasteiger partial charge >= 0.3 is 6.09 Å². The van der Waals surface area contributed by atoms with Crippen molar-refractivity contribution in [3.63, 3.8) is 0 Å². The van der Waals surface area contributed by atoms with Crippen molar-refractivity contribution >= 4 is 22.9 Å². The Morgan fingerprint density at radius 2 is 1.93 bits per heavy atom. The lowest BCUT2D eigenvalue weighted by molar-refractivity contribution is -0.0498. The number of hydrogen-bond acceptors (Lipinski definition) is 4. The molecule has 6 heteroatoms. The number of hydrogen-bond donors (Lipinski definition) is 0. The van der Waals surface area contributed by atoms with E-state index in [-0.39, 0.29) is 17.1 Å². The Hall–Kier alpha value is -2.63. The molecule has 0 atom stereocenters. The Morgan fingerprint density at radius 3 is 2.57 bits per heavy atom. The number of likely N-dealkylation sites (tertiary alicyclic amines) is 1. The van der Waals surface area contributed by atoms with Crippen molar-refractivity contribution in [2.24, 2.45) is 12.5 Å². The first-order chi connectivity index (χ1) is 13.1. The van der Waals surface area contributed by atoms with Crippen LogP contribution in [-0.4, -0.2) is 39.5 Å². The van der Waals surface area contributed by atoms with Crippen molar-refractivity contribution in [2.75, 3.05) is 13.1 Å². The summed E-state index contributed by atoms with van der Waals surface area (Å²) in [6.45, 7) is 9.14. The van der Waals surface area contributed by atoms with Crippen LogP contribution in [0.1, 0.15) is 44.7 Å². The maximum Gasteiger partial charge on any atom is 0.410 e. The number of benzene rings is 1. The zero-order chi connectivity index (χ0) is 20.3. The molecule has 0 N–H and O–H groups in total. The first-order valence-corrected chi connectivity index (χ1v) is 9.70. The van der Waals surface area contributed by atoms with Crippen molar-refractivity contribution in [3.05, 3.63) is 45.4 Å². The summed E-state index contributed by atoms with van der Waals surface area (Å²) in [5, 5.41) is 5.83. The molecule has 1 amide bonds. The van der Waals surface area contributed by atoms with E-state index in [9.17, 15) is 9.59 Å². The SMILES string of the molecule is Cc1ccc(C=C2CC3(C2)CN(C(=O)OC(C)(C)C)C3)c2cnn(C)c(=O)c12. The second-order valence-electron chi connectivity index (χ2n) is 9.33. The van der Waals surface area contributed by atoms with Gasteiger partial charge < -0.3 is 9.64 Å². The van der Waals surface area contributed by atoms with E-state index in [4.69, 9.17) is 4.74 Å². The molecule has 1 aromatic carbocycles. The number of carbonyl (C=O) groups is 1. The van der Waals surface area contributed by atoms with Crippen LogP contribution >= 0.6 is 0 Å². The molecular weight excluding hydrogens is 354 g/mol. The smallest absolute Gasteiger partial charge is 0.410 e. The Morgan fingerprint density at radius 1 is 1.25 bits per heavy atom. The minimum atomic E-state index is -0.456. The molecule has 2 aliphatic rings. The monoisotopic (exact) mass is 381 g/mol. The number of carbonyl (C=O) groups excluding carboxylic acids is 1. The second kappa shape index (κ2) is 6.19. The standard InChI is InChI=1S/C22H27N3O3/c1-14-6-7-16(17-11-23-24(5)19(26)18(14)17)8-15-9-22(10-15)12-25(13-22)20(27)28-21(2,3)4/h6-8,11H,9-10,12-13H2,1-5H3. The molecule has 6 nitrogen and oxygen atoms in total. The summed E-state index contributed by atoms with van der Waals surface area (Å²) in [6.07, 6.45) is 5.71. The van der Waals surface area contributed by atoms with Crippen LogP contribution < -0.4 is 5.56 Å². The van der Waals surface area contributed by atoms with Gasteiger partial charge in [0.15, 0.2) is 0 Å². The molecule has 2 aromatic rings. The lowest BCUT2D eigenvalue weighted by Gasteiger charge is -2.56. The fraction of sp³-hybridized carbons (Fsp3) is 0.500. The second-order valence-corrected chi connectivity index (χ2v) is 9.33. The number of aromatic nitrogens is 2. The zero-order valence-electron chi connectivity index (χ0n) is 17.2. The largest absolute Gasteiger partial charge is 0.444 e. The predicted octanol–water partition coefficient (Wildman–Crippen LogP) is 3.66. The quantitative estimate of drug-likeness (QED) is 0.756. The lowest BCUT2D eigenvalue weighted by Crippen LogP contribution is -2.62. The van der Waals surface area contributed by atoms with E-state index >= 15 is 0 Å². The molecule has 4 rings (SSSR count). The van der Waals surface area contributed by atoms with E-state index < -0.39 is 5.60 Å². The number of ether oxygens (including phenoxy) is 1. The van der Waals surface area contributed by atoms with Gasteiger partial charge in [0.2, 0.25) is 0 Å². The van der Waals surface area contributed by atoms with Gasteiger partial charge in [-0.1, -0.05) is 23.8 Å². The summed E-state index contributed by atoms with van der Waals surface area (Å²) >= 11 is 0. The van der Waals surface area contributed by atoms with Crippen molar-refractivity contribution in [2.45, 2.75) is 46.1 Å². The summed E-state index contributed by atoms with van der Waals surface area (Å²) in [7, 11) is 1.68. The number of nitrogens with zero attached hydrogens (tertiary/aromatic N) is 3. The van der Waals surface area contributed by atoms with Gasteiger partial charge in [-0.2, -0.15) is 5.10 Å². The fourth-order valence-corrected chi connectivity index (χ4v) is 4.33. The summed E-state index contributed by atoms with van der Waals surface area (Å²) in [5.41, 5.74) is 3.05. The van der Waals surface area contributed by atoms with E-state index in [1.165, 1.54) is 10.3 Å². The molecule has 1 aliphatic carbocycles. The molecule has 148 valence electrons. The van der Waals surface area contributed by atoms with Crippen molar-refractivity contribution in [3.8, 4) is 0 Å². The third-order valence-corrected chi connectivity index (χ3v) is 5.62. The van der Waals surface area contributed by atoms with Gasteiger partial charge in [0, 0.05) is 30.9 Å². The first kappa shape index (κ1) is 18.7. The van der Waals surface area contributed by atoms with Crippen LogP contribution in [0.3, 0.4) is 0 Å². The van der Waals surface area contributed by atoms with Crippen LogP contribution in [0.4, 0.5) is 4.79 Å². The van der Waals surface area contributed by atoms with E-state index in [0.29, 0.717) is 0 Å². The van der Waals surface area contributed by atoms with Gasteiger partial charge in [0.05, 0.1) is 11.6 Å². The van der Waals surface area contributed by atoms with E-state index in [1.54, 1.807) is 18.1 Å². The third-order valence-electron chi connectivity index (χ3n) is 5.62. The molecule has 1 aliphatic heterocycles. The number of rotatable bonds is 1. The van der Waals surface area contributed by atoms with Crippen molar-refractivity contribution < 1.29 is 9.53 Å². The Labute approximate surface area is 164 Å². The fourth-order valence-electron chi connectivity index (χ4n) is 4.33. The number of allylic oxidation sites excluding steroid dienone is 1. The lowest BCUT2D eigenvalue weighted by atomic mass is 9.60. The topological polar surface area (TPSA) is 64.4 Å². The maximum atomic E-state index is 12.5. The van der Waals surface area contributed by atoms with Crippen LogP contribution in [-0.2, 0) is 11.8 Å². The minimum Gasteiger partial charge on any atom is -0.444 e. The number of amides is 1. The summed E-state index contributed by atoms with van der Waals surface area (Å²) < 4.78 is 6.82. The summed E-state index contributed by atoms with van der Waals surface area (Å²) in [6, 6.07) is 4.06. The molecule has 28 heavy (non-hydrogen) atoms. The minimum absolute atomic E-state index is 0.0627. The van der Waals surface area contributed by atoms with E-state index in [2.05, 4.69) is 17.2 Å². The average Bonchev–Trinajstić information content (AvgIpc) is 2.51. The van der Waals surface area contributed by atoms with E-state index in [0.717, 1.165) is 47.8 Å². The van der Waals surface area contributed by atoms with Crippen LogP contribution in [0.2, 0.25) is 0 Å². The predicted molar refractivity (Wildman–Crippen MR) is 109 cm³/mol. The highest BCUT2D eigenvalue weighted by atomic mass is 16.6. The zero-order valence-corrected chi connectivity index (χ0v) is 17.2. The third kappa shape index (κ3) is 3.21. The Balaban J connectivity index is 1.48. The average molecular weight is 381 g/mol. The Kier molecular flexibility index (Phi) is 4.14. The summed E-state index contributed by atoms with van der Waals surface area (Å²) in [4.78, 5) is 26.4. The molecule has 1 aromatic heterocycles. The maximum absolute atomic E-state index is 12.5. The normalized spacial score (nSPS) is 18.0. The first-order valence-electron chi connectivity index (χ1n) is 9.70. The van der Waals surface area contributed by atoms with Crippen LogP contribution in [0.5, 0.6) is 0 Å². The van der Waals surface area contributed by atoms with Crippen LogP contribution in [0.15, 0.2) is 28.7 Å².